The Balaban J connectivity index is 1.85. The Hall–Kier alpha value is -3.28. The minimum absolute atomic E-state index is 0.171. The van der Waals surface area contributed by atoms with Crippen LogP contribution in [0.5, 0.6) is 0 Å². The number of amides is 1. The number of hydrogen-bond acceptors (Lipinski definition) is 4. The maximum atomic E-state index is 12.6. The largest absolute Gasteiger partial charge is 0.347 e. The fraction of sp³-hybridized carbons (Fsp3) is 0.200. The summed E-state index contributed by atoms with van der Waals surface area (Å²) in [5, 5.41) is 5.05. The number of aromatic amines is 1. The van der Waals surface area contributed by atoms with E-state index in [9.17, 15) is 4.79 Å². The van der Waals surface area contributed by atoms with Crippen LogP contribution >= 0.6 is 0 Å². The van der Waals surface area contributed by atoms with E-state index in [0.717, 1.165) is 16.3 Å². The SMILES string of the molecule is CC(C)(C)NC(=O)c1c[nH]c2ncc(-c3cccc4ccncc34)nc12. The Labute approximate surface area is 150 Å². The second-order valence-corrected chi connectivity index (χ2v) is 7.26. The predicted octanol–water partition coefficient (Wildman–Crippen LogP) is 3.70. The Bertz CT molecular complexity index is 1120. The first-order chi connectivity index (χ1) is 12.4. The molecule has 0 radical (unpaired) electrons. The summed E-state index contributed by atoms with van der Waals surface area (Å²) in [7, 11) is 0. The molecule has 4 aromatic rings. The van der Waals surface area contributed by atoms with Gasteiger partial charge in [0.25, 0.3) is 5.91 Å². The number of H-pyrrole nitrogens is 1. The zero-order chi connectivity index (χ0) is 18.3. The summed E-state index contributed by atoms with van der Waals surface area (Å²) >= 11 is 0. The van der Waals surface area contributed by atoms with Crippen molar-refractivity contribution in [3.63, 3.8) is 0 Å². The van der Waals surface area contributed by atoms with Gasteiger partial charge >= 0.3 is 0 Å². The summed E-state index contributed by atoms with van der Waals surface area (Å²) in [6.07, 6.45) is 6.95. The molecule has 3 heterocycles. The third kappa shape index (κ3) is 2.90. The molecule has 0 aliphatic heterocycles. The van der Waals surface area contributed by atoms with Gasteiger partial charge in [-0.1, -0.05) is 18.2 Å². The van der Waals surface area contributed by atoms with E-state index in [1.807, 2.05) is 51.2 Å². The van der Waals surface area contributed by atoms with Gasteiger partial charge in [0.1, 0.15) is 5.52 Å². The first kappa shape index (κ1) is 16.2. The van der Waals surface area contributed by atoms with Gasteiger partial charge in [-0.2, -0.15) is 0 Å². The van der Waals surface area contributed by atoms with Crippen LogP contribution in [0.2, 0.25) is 0 Å². The molecule has 0 saturated heterocycles. The molecule has 0 spiro atoms. The van der Waals surface area contributed by atoms with E-state index < -0.39 is 0 Å². The molecule has 6 nitrogen and oxygen atoms in total. The van der Waals surface area contributed by atoms with Crippen LogP contribution in [-0.4, -0.2) is 31.4 Å². The fourth-order valence-electron chi connectivity index (χ4n) is 2.94. The zero-order valence-electron chi connectivity index (χ0n) is 14.9. The van der Waals surface area contributed by atoms with Gasteiger partial charge in [0.05, 0.1) is 17.5 Å². The Morgan fingerprint density at radius 1 is 1.15 bits per heavy atom. The van der Waals surface area contributed by atoms with Gasteiger partial charge in [-0.05, 0) is 32.2 Å². The minimum atomic E-state index is -0.326. The highest BCUT2D eigenvalue weighted by molar-refractivity contribution is 6.05. The molecular weight excluding hydrogens is 326 g/mol. The molecular formula is C20H19N5O. The molecule has 4 rings (SSSR count). The van der Waals surface area contributed by atoms with E-state index in [1.165, 1.54) is 0 Å². The lowest BCUT2D eigenvalue weighted by Gasteiger charge is -2.20. The second kappa shape index (κ2) is 5.91. The number of carbonyl (C=O) groups excluding carboxylic acids is 1. The maximum Gasteiger partial charge on any atom is 0.255 e. The van der Waals surface area contributed by atoms with Crippen LogP contribution < -0.4 is 5.32 Å². The number of pyridine rings is 1. The van der Waals surface area contributed by atoms with E-state index in [1.54, 1.807) is 18.6 Å². The standard InChI is InChI=1S/C20H19N5O/c1-20(2,3)25-19(26)15-10-22-18-17(15)24-16(11-23-18)13-6-4-5-12-7-8-21-9-14(12)13/h4-11H,1-3H3,(H,22,23)(H,25,26). The summed E-state index contributed by atoms with van der Waals surface area (Å²) < 4.78 is 0. The maximum absolute atomic E-state index is 12.6. The number of aromatic nitrogens is 4. The van der Waals surface area contributed by atoms with E-state index in [2.05, 4.69) is 20.3 Å². The van der Waals surface area contributed by atoms with Crippen molar-refractivity contribution < 1.29 is 4.79 Å². The molecule has 26 heavy (non-hydrogen) atoms. The van der Waals surface area contributed by atoms with Crippen molar-refractivity contribution in [1.82, 2.24) is 25.3 Å². The highest BCUT2D eigenvalue weighted by atomic mass is 16.1. The molecule has 1 aromatic carbocycles. The molecule has 1 amide bonds. The van der Waals surface area contributed by atoms with E-state index in [0.29, 0.717) is 22.4 Å². The monoisotopic (exact) mass is 345 g/mol. The number of carbonyl (C=O) groups is 1. The van der Waals surface area contributed by atoms with Crippen molar-refractivity contribution in [2.45, 2.75) is 26.3 Å². The van der Waals surface area contributed by atoms with Gasteiger partial charge in [-0.15, -0.1) is 0 Å². The Morgan fingerprint density at radius 3 is 2.81 bits per heavy atom. The predicted molar refractivity (Wildman–Crippen MR) is 102 cm³/mol. The van der Waals surface area contributed by atoms with Gasteiger partial charge in [-0.3, -0.25) is 9.78 Å². The van der Waals surface area contributed by atoms with Crippen LogP contribution in [0.4, 0.5) is 0 Å². The van der Waals surface area contributed by atoms with Crippen molar-refractivity contribution in [2.24, 2.45) is 0 Å². The van der Waals surface area contributed by atoms with Crippen LogP contribution in [0.1, 0.15) is 31.1 Å². The minimum Gasteiger partial charge on any atom is -0.347 e. The molecule has 0 unspecified atom stereocenters. The molecule has 0 bridgehead atoms. The van der Waals surface area contributed by atoms with Crippen LogP contribution in [0, 0.1) is 0 Å². The lowest BCUT2D eigenvalue weighted by atomic mass is 10.0. The summed E-state index contributed by atoms with van der Waals surface area (Å²) in [5.41, 5.74) is 2.96. The summed E-state index contributed by atoms with van der Waals surface area (Å²) in [6.45, 7) is 5.83. The average Bonchev–Trinajstić information content (AvgIpc) is 3.03. The Morgan fingerprint density at radius 2 is 2.00 bits per heavy atom. The lowest BCUT2D eigenvalue weighted by Crippen LogP contribution is -2.40. The van der Waals surface area contributed by atoms with Gasteiger partial charge in [0, 0.05) is 35.1 Å². The Kier molecular flexibility index (Phi) is 3.68. The number of nitrogens with one attached hydrogen (secondary N) is 2. The second-order valence-electron chi connectivity index (χ2n) is 7.26. The van der Waals surface area contributed by atoms with Crippen molar-refractivity contribution in [3.8, 4) is 11.3 Å². The van der Waals surface area contributed by atoms with E-state index in [-0.39, 0.29) is 11.4 Å². The quantitative estimate of drug-likeness (QED) is 0.580. The number of nitrogens with zero attached hydrogens (tertiary/aromatic N) is 3. The molecule has 0 aliphatic carbocycles. The normalized spacial score (nSPS) is 11.8. The van der Waals surface area contributed by atoms with E-state index >= 15 is 0 Å². The molecule has 0 aliphatic rings. The highest BCUT2D eigenvalue weighted by Gasteiger charge is 2.20. The third-order valence-corrected chi connectivity index (χ3v) is 4.07. The van der Waals surface area contributed by atoms with Gasteiger partial charge in [0.15, 0.2) is 5.65 Å². The smallest absolute Gasteiger partial charge is 0.255 e. The lowest BCUT2D eigenvalue weighted by molar-refractivity contribution is 0.0921. The number of hydrogen-bond donors (Lipinski definition) is 2. The van der Waals surface area contributed by atoms with Crippen molar-refractivity contribution in [3.05, 3.63) is 54.6 Å². The van der Waals surface area contributed by atoms with Crippen LogP contribution in [0.25, 0.3) is 33.2 Å². The number of rotatable bonds is 2. The molecule has 3 aromatic heterocycles. The van der Waals surface area contributed by atoms with Gasteiger partial charge in [-0.25, -0.2) is 9.97 Å². The summed E-state index contributed by atoms with van der Waals surface area (Å²) in [5.74, 6) is -0.171. The van der Waals surface area contributed by atoms with Crippen molar-refractivity contribution in [1.29, 1.82) is 0 Å². The molecule has 2 N–H and O–H groups in total. The summed E-state index contributed by atoms with van der Waals surface area (Å²) in [4.78, 5) is 29.0. The molecule has 130 valence electrons. The molecule has 6 heteroatoms. The average molecular weight is 345 g/mol. The van der Waals surface area contributed by atoms with Crippen molar-refractivity contribution >= 4 is 27.8 Å². The molecule has 0 atom stereocenters. The first-order valence-electron chi connectivity index (χ1n) is 8.42. The first-order valence-corrected chi connectivity index (χ1v) is 8.42. The van der Waals surface area contributed by atoms with Crippen molar-refractivity contribution in [2.75, 3.05) is 0 Å². The number of fused-ring (bicyclic) bond motifs is 2. The highest BCUT2D eigenvalue weighted by Crippen LogP contribution is 2.28. The topological polar surface area (TPSA) is 83.6 Å². The van der Waals surface area contributed by atoms with Crippen LogP contribution in [0.3, 0.4) is 0 Å². The third-order valence-electron chi connectivity index (χ3n) is 4.07. The molecule has 0 saturated carbocycles. The fourth-order valence-corrected chi connectivity index (χ4v) is 2.94. The van der Waals surface area contributed by atoms with Gasteiger partial charge < -0.3 is 10.3 Å². The molecule has 0 fully saturated rings. The summed E-state index contributed by atoms with van der Waals surface area (Å²) in [6, 6.07) is 7.96. The van der Waals surface area contributed by atoms with E-state index in [4.69, 9.17) is 4.98 Å². The zero-order valence-corrected chi connectivity index (χ0v) is 14.9. The van der Waals surface area contributed by atoms with Gasteiger partial charge in [0.2, 0.25) is 0 Å². The van der Waals surface area contributed by atoms with Crippen LogP contribution in [0.15, 0.2) is 49.1 Å². The van der Waals surface area contributed by atoms with Crippen LogP contribution in [-0.2, 0) is 0 Å². The number of benzene rings is 1.